The van der Waals surface area contributed by atoms with Crippen LogP contribution < -0.4 is 4.90 Å². The minimum atomic E-state index is -1.13. The lowest BCUT2D eigenvalue weighted by Gasteiger charge is -2.36. The summed E-state index contributed by atoms with van der Waals surface area (Å²) in [5, 5.41) is 23.3. The third-order valence-electron chi connectivity index (χ3n) is 4.23. The molecule has 1 fully saturated rings. The first-order valence-electron chi connectivity index (χ1n) is 7.81. The molecular weight excluding hydrogens is 345 g/mol. The summed E-state index contributed by atoms with van der Waals surface area (Å²) in [4.78, 5) is 21.2. The molecule has 3 aromatic heterocycles. The number of pyridine rings is 1. The second-order valence-electron chi connectivity index (χ2n) is 5.77. The lowest BCUT2D eigenvalue weighted by Crippen LogP contribution is -2.40. The number of hydrogen-bond acceptors (Lipinski definition) is 7. The van der Waals surface area contributed by atoms with Crippen molar-refractivity contribution in [3.63, 3.8) is 0 Å². The molecule has 134 valence electrons. The molecule has 4 rings (SSSR count). The normalized spacial score (nSPS) is 17.6. The van der Waals surface area contributed by atoms with Crippen LogP contribution in [0, 0.1) is 5.82 Å². The second kappa shape index (κ2) is 6.23. The molecule has 0 radical (unpaired) electrons. The highest BCUT2D eigenvalue weighted by atomic mass is 19.1. The second-order valence-corrected chi connectivity index (χ2v) is 5.77. The van der Waals surface area contributed by atoms with E-state index in [0.29, 0.717) is 19.0 Å². The molecule has 26 heavy (non-hydrogen) atoms. The van der Waals surface area contributed by atoms with Crippen LogP contribution in [0.15, 0.2) is 30.7 Å². The zero-order valence-electron chi connectivity index (χ0n) is 13.4. The smallest absolute Gasteiger partial charge is 0.341 e. The first kappa shape index (κ1) is 16.2. The van der Waals surface area contributed by atoms with Gasteiger partial charge in [-0.2, -0.15) is 5.10 Å². The van der Waals surface area contributed by atoms with E-state index in [0.717, 1.165) is 6.20 Å². The Labute approximate surface area is 146 Å². The number of anilines is 1. The molecule has 4 heterocycles. The largest absolute Gasteiger partial charge is 0.493 e. The Balaban J connectivity index is 1.79. The fraction of sp³-hybridized carbons (Fsp3) is 0.250. The number of carbonyl (C=O) groups is 1. The van der Waals surface area contributed by atoms with Crippen LogP contribution in [-0.4, -0.2) is 55.5 Å². The van der Waals surface area contributed by atoms with Crippen molar-refractivity contribution >= 4 is 17.4 Å². The third kappa shape index (κ3) is 2.69. The molecule has 0 saturated carbocycles. The first-order chi connectivity index (χ1) is 12.5. The van der Waals surface area contributed by atoms with E-state index in [4.69, 9.17) is 4.74 Å². The highest BCUT2D eigenvalue weighted by molar-refractivity contribution is 5.94. The van der Waals surface area contributed by atoms with Gasteiger partial charge in [0.2, 0.25) is 5.88 Å². The Morgan fingerprint density at radius 3 is 3.04 bits per heavy atom. The molecule has 3 aromatic rings. The van der Waals surface area contributed by atoms with E-state index in [2.05, 4.69) is 15.1 Å². The molecule has 2 N–H and O–H groups in total. The van der Waals surface area contributed by atoms with E-state index < -0.39 is 17.8 Å². The van der Waals surface area contributed by atoms with Crippen molar-refractivity contribution in [2.75, 3.05) is 24.7 Å². The number of aromatic nitrogens is 4. The molecule has 0 spiro atoms. The van der Waals surface area contributed by atoms with Gasteiger partial charge in [0.15, 0.2) is 5.65 Å². The summed E-state index contributed by atoms with van der Waals surface area (Å²) in [6, 6.07) is 2.36. The number of aromatic carboxylic acids is 1. The van der Waals surface area contributed by atoms with Gasteiger partial charge in [-0.05, 0) is 12.1 Å². The number of nitrogens with zero attached hydrogens (tertiary/aromatic N) is 5. The zero-order chi connectivity index (χ0) is 18.3. The van der Waals surface area contributed by atoms with Crippen LogP contribution >= 0.6 is 0 Å². The number of morpholine rings is 1. The maximum atomic E-state index is 13.6. The summed E-state index contributed by atoms with van der Waals surface area (Å²) in [6.45, 7) is 1.05. The first-order valence-corrected chi connectivity index (χ1v) is 7.81. The van der Waals surface area contributed by atoms with Crippen molar-refractivity contribution in [1.82, 2.24) is 19.6 Å². The van der Waals surface area contributed by atoms with Gasteiger partial charge >= 0.3 is 5.97 Å². The average Bonchev–Trinajstić information content (AvgIpc) is 3.07. The molecule has 1 aliphatic rings. The number of rotatable bonds is 3. The predicted molar refractivity (Wildman–Crippen MR) is 86.7 cm³/mol. The molecule has 1 aliphatic heterocycles. The summed E-state index contributed by atoms with van der Waals surface area (Å²) >= 11 is 0. The Kier molecular flexibility index (Phi) is 3.88. The van der Waals surface area contributed by atoms with E-state index in [-0.39, 0.29) is 29.3 Å². The number of aromatic hydroxyl groups is 1. The van der Waals surface area contributed by atoms with Gasteiger partial charge in [-0.1, -0.05) is 0 Å². The van der Waals surface area contributed by atoms with Crippen molar-refractivity contribution in [1.29, 1.82) is 0 Å². The lowest BCUT2D eigenvalue weighted by molar-refractivity contribution is 0.0698. The minimum absolute atomic E-state index is 0.0214. The molecular formula is C16H14FN5O4. The zero-order valence-corrected chi connectivity index (χ0v) is 13.4. The number of halogens is 1. The Bertz CT molecular complexity index is 992. The fourth-order valence-electron chi connectivity index (χ4n) is 3.00. The highest BCUT2D eigenvalue weighted by Gasteiger charge is 2.29. The molecule has 0 unspecified atom stereocenters. The maximum absolute atomic E-state index is 13.6. The van der Waals surface area contributed by atoms with Gasteiger partial charge in [0, 0.05) is 18.3 Å². The number of fused-ring (bicyclic) bond motifs is 1. The Hall–Kier alpha value is -3.27. The Morgan fingerprint density at radius 2 is 2.23 bits per heavy atom. The van der Waals surface area contributed by atoms with E-state index in [1.807, 2.05) is 4.90 Å². The topological polar surface area (TPSA) is 113 Å². The highest BCUT2D eigenvalue weighted by Crippen LogP contribution is 2.33. The number of hydrogen-bond donors (Lipinski definition) is 2. The molecule has 1 atom stereocenters. The van der Waals surface area contributed by atoms with Crippen molar-refractivity contribution < 1.29 is 24.1 Å². The van der Waals surface area contributed by atoms with Crippen molar-refractivity contribution in [3.8, 4) is 5.88 Å². The number of carboxylic acids is 1. The summed E-state index contributed by atoms with van der Waals surface area (Å²) in [7, 11) is 0. The minimum Gasteiger partial charge on any atom is -0.493 e. The lowest BCUT2D eigenvalue weighted by atomic mass is 10.1. The standard InChI is InChI=1S/C16H14FN5O4/c17-9-5-10(15(23)18-6-9)12-8-26-4-3-21(12)13-1-2-22-14(20-13)11(7-19-22)16(24)25/h1-2,5-7,12H,3-4,8H2,(H,18,23)(H,24,25)/t12-/m1/s1. The number of ether oxygens (including phenoxy) is 1. The van der Waals surface area contributed by atoms with E-state index in [1.165, 1.54) is 16.8 Å². The van der Waals surface area contributed by atoms with Gasteiger partial charge in [0.25, 0.3) is 0 Å². The van der Waals surface area contributed by atoms with Crippen LogP contribution in [0.2, 0.25) is 0 Å². The molecule has 10 heteroatoms. The van der Waals surface area contributed by atoms with Crippen LogP contribution in [0.5, 0.6) is 5.88 Å². The van der Waals surface area contributed by atoms with E-state index in [9.17, 15) is 19.4 Å². The van der Waals surface area contributed by atoms with Gasteiger partial charge in [0.1, 0.15) is 17.2 Å². The van der Waals surface area contributed by atoms with Gasteiger partial charge in [-0.25, -0.2) is 23.7 Å². The Morgan fingerprint density at radius 1 is 1.38 bits per heavy atom. The van der Waals surface area contributed by atoms with Crippen LogP contribution in [0.1, 0.15) is 22.0 Å². The fourth-order valence-corrected chi connectivity index (χ4v) is 3.00. The quantitative estimate of drug-likeness (QED) is 0.718. The molecule has 1 saturated heterocycles. The van der Waals surface area contributed by atoms with Crippen LogP contribution in [0.25, 0.3) is 5.65 Å². The third-order valence-corrected chi connectivity index (χ3v) is 4.23. The van der Waals surface area contributed by atoms with Crippen LogP contribution in [0.4, 0.5) is 10.2 Å². The van der Waals surface area contributed by atoms with Crippen molar-refractivity contribution in [3.05, 3.63) is 47.7 Å². The van der Waals surface area contributed by atoms with Crippen molar-refractivity contribution in [2.24, 2.45) is 0 Å². The van der Waals surface area contributed by atoms with Crippen LogP contribution in [0.3, 0.4) is 0 Å². The van der Waals surface area contributed by atoms with E-state index in [1.54, 1.807) is 12.3 Å². The SMILES string of the molecule is O=C(O)c1cnn2ccc(N3CCOC[C@@H]3c3cc(F)cnc3O)nc12. The molecule has 0 aliphatic carbocycles. The molecule has 0 amide bonds. The summed E-state index contributed by atoms with van der Waals surface area (Å²) in [5.74, 6) is -1.52. The number of carboxylic acid groups (broad SMARTS) is 1. The summed E-state index contributed by atoms with van der Waals surface area (Å²) < 4.78 is 20.5. The van der Waals surface area contributed by atoms with Gasteiger partial charge in [0.05, 0.1) is 31.6 Å². The van der Waals surface area contributed by atoms with E-state index >= 15 is 0 Å². The predicted octanol–water partition coefficient (Wildman–Crippen LogP) is 1.25. The van der Waals surface area contributed by atoms with Crippen LogP contribution in [-0.2, 0) is 4.74 Å². The average molecular weight is 359 g/mol. The van der Waals surface area contributed by atoms with Gasteiger partial charge in [-0.3, -0.25) is 0 Å². The van der Waals surface area contributed by atoms with Crippen molar-refractivity contribution in [2.45, 2.75) is 6.04 Å². The molecule has 0 aromatic carbocycles. The monoisotopic (exact) mass is 359 g/mol. The molecule has 9 nitrogen and oxygen atoms in total. The van der Waals surface area contributed by atoms with Gasteiger partial charge in [-0.15, -0.1) is 0 Å². The summed E-state index contributed by atoms with van der Waals surface area (Å²) in [5.41, 5.74) is 0.451. The molecule has 0 bridgehead atoms. The van der Waals surface area contributed by atoms with Gasteiger partial charge < -0.3 is 19.8 Å². The maximum Gasteiger partial charge on any atom is 0.341 e. The summed E-state index contributed by atoms with van der Waals surface area (Å²) in [6.07, 6.45) is 3.76.